The van der Waals surface area contributed by atoms with Crippen molar-refractivity contribution in [2.24, 2.45) is 0 Å². The third-order valence-corrected chi connectivity index (χ3v) is 5.29. The summed E-state index contributed by atoms with van der Waals surface area (Å²) in [6.07, 6.45) is 0. The molecule has 0 aliphatic carbocycles. The zero-order chi connectivity index (χ0) is 32.3. The number of carbonyl (C=O) groups is 2. The minimum atomic E-state index is -1.44. The molecule has 1 aliphatic rings. The summed E-state index contributed by atoms with van der Waals surface area (Å²) < 4.78 is -2.33. The molecule has 1 rings (SSSR count). The molecule has 0 aromatic rings. The molecule has 0 saturated carbocycles. The molecule has 24 heteroatoms. The van der Waals surface area contributed by atoms with Crippen LogP contribution in [0.25, 0.3) is 0 Å². The summed E-state index contributed by atoms with van der Waals surface area (Å²) in [4.78, 5) is 26.0. The molecular formula is C14H18Cl19FeO4. The van der Waals surface area contributed by atoms with E-state index in [1.807, 2.05) is 0 Å². The fourth-order valence-corrected chi connectivity index (χ4v) is 0.871. The van der Waals surface area contributed by atoms with Gasteiger partial charge >= 0.3 is 46.2 Å². The first-order valence-corrected chi connectivity index (χ1v) is 19.5. The van der Waals surface area contributed by atoms with Crippen LogP contribution in [0.2, 0.25) is 0 Å². The minimum absolute atomic E-state index is 0.137. The van der Waals surface area contributed by atoms with Gasteiger partial charge in [-0.25, -0.2) is 9.78 Å². The van der Waals surface area contributed by atoms with Gasteiger partial charge < -0.3 is 0 Å². The van der Waals surface area contributed by atoms with Gasteiger partial charge in [0, 0.05) is 22.7 Å². The topological polar surface area (TPSA) is 52.6 Å². The van der Waals surface area contributed by atoms with E-state index in [-0.39, 0.29) is 11.2 Å². The Bertz CT molecular complexity index is 468. The van der Waals surface area contributed by atoms with Crippen molar-refractivity contribution in [3.63, 3.8) is 0 Å². The predicted octanol–water partition coefficient (Wildman–Crippen LogP) is 13.2. The van der Waals surface area contributed by atoms with E-state index in [1.165, 1.54) is 0 Å². The Morgan fingerprint density at radius 3 is 0.974 bits per heavy atom. The van der Waals surface area contributed by atoms with Crippen molar-refractivity contribution in [2.75, 3.05) is 42.1 Å². The average molecular weight is 980 g/mol. The Kier molecular flexibility index (Phi) is 75.4. The maximum atomic E-state index is 9.65. The molecule has 1 heterocycles. The number of alkyl halides is 12. The van der Waals surface area contributed by atoms with Crippen molar-refractivity contribution in [3.8, 4) is 0 Å². The van der Waals surface area contributed by atoms with Gasteiger partial charge in [-0.1, -0.05) is 76.2 Å². The van der Waals surface area contributed by atoms with Crippen LogP contribution in [-0.2, 0) is 25.7 Å². The van der Waals surface area contributed by atoms with Gasteiger partial charge in [-0.2, -0.15) is 0 Å². The molecule has 0 aromatic carbocycles. The van der Waals surface area contributed by atoms with Gasteiger partial charge in [-0.15, -0.1) is 81.2 Å². The molecule has 4 nitrogen and oxygen atoms in total. The monoisotopic (exact) mass is 970 g/mol. The molecule has 1 atom stereocenters. The summed E-state index contributed by atoms with van der Waals surface area (Å²) in [5.41, 5.74) is 0. The molecule has 1 aliphatic heterocycles. The van der Waals surface area contributed by atoms with Gasteiger partial charge in [0.05, 0.1) is 16.6 Å². The fourth-order valence-electron chi connectivity index (χ4n) is 0.171. The van der Waals surface area contributed by atoms with Gasteiger partial charge in [0.25, 0.3) is 5.24 Å². The number of hydrogen-bond acceptors (Lipinski definition) is 4. The average Bonchev–Trinajstić information content (AvgIpc) is 2.72. The second-order valence-electron chi connectivity index (χ2n) is 3.92. The molecule has 1 unspecified atom stereocenters. The maximum absolute atomic E-state index is 9.65. The molecular weight excluding hydrogens is 962 g/mol. The van der Waals surface area contributed by atoms with E-state index in [9.17, 15) is 4.79 Å². The number of allylic oxidation sites excluding steroid dienone is 1. The molecule has 0 spiro atoms. The first kappa shape index (κ1) is 58.6. The van der Waals surface area contributed by atoms with E-state index in [4.69, 9.17) is 198 Å². The molecule has 38 heavy (non-hydrogen) atoms. The molecule has 0 amide bonds. The van der Waals surface area contributed by atoms with E-state index in [0.717, 1.165) is 13.2 Å². The van der Waals surface area contributed by atoms with Gasteiger partial charge in [-0.3, -0.25) is 9.59 Å². The summed E-state index contributed by atoms with van der Waals surface area (Å²) in [5.74, 6) is 1.60. The van der Waals surface area contributed by atoms with Crippen LogP contribution in [0.4, 0.5) is 4.79 Å². The Labute approximate surface area is 319 Å². The Morgan fingerprint density at radius 1 is 0.789 bits per heavy atom. The number of hydrogen-bond donors (Lipinski definition) is 0. The molecule has 1 saturated heterocycles. The predicted molar refractivity (Wildman–Crippen MR) is 177 cm³/mol. The number of rotatable bonds is 4. The summed E-state index contributed by atoms with van der Waals surface area (Å²) in [6, 6.07) is 0. The summed E-state index contributed by atoms with van der Waals surface area (Å²) in [6.45, 7) is 4.86. The summed E-state index contributed by atoms with van der Waals surface area (Å²) in [5, 5.41) is -0.667. The van der Waals surface area contributed by atoms with E-state index in [0.29, 0.717) is 22.7 Å². The molecule has 239 valence electrons. The van der Waals surface area contributed by atoms with Crippen molar-refractivity contribution in [1.82, 2.24) is 0 Å². The summed E-state index contributed by atoms with van der Waals surface area (Å²) in [7, 11) is 14.7. The van der Waals surface area contributed by atoms with Gasteiger partial charge in [0.1, 0.15) is 13.2 Å². The number of carbonyl (C=O) groups excluding carboxylic acids is 2. The van der Waals surface area contributed by atoms with E-state index in [2.05, 4.69) is 39.6 Å². The Balaban J connectivity index is -0.0000000589. The van der Waals surface area contributed by atoms with Crippen molar-refractivity contribution < 1.29 is 30.5 Å². The van der Waals surface area contributed by atoms with Gasteiger partial charge in [0.2, 0.25) is 3.79 Å². The molecule has 0 N–H and O–H groups in total. The van der Waals surface area contributed by atoms with Crippen LogP contribution in [0.5, 0.6) is 0 Å². The SMILES string of the molecule is C1COO1.C=C(Cl)CCl.ClCC(Cl)C(Cl)(Cl)Cl.ClCCCl.ClCCl.O=C(Cl)C(Cl)Cl.O=C(Cl)Cl.[Cl][Fe]([Cl])[Cl]. The van der Waals surface area contributed by atoms with E-state index >= 15 is 0 Å². The summed E-state index contributed by atoms with van der Waals surface area (Å²) >= 11 is 78.4. The van der Waals surface area contributed by atoms with Crippen LogP contribution in [0.3, 0.4) is 0 Å². The zero-order valence-electron chi connectivity index (χ0n) is 18.0. The van der Waals surface area contributed by atoms with Crippen LogP contribution < -0.4 is 0 Å². The Hall–Kier alpha value is 5.03. The normalized spacial score (nSPS) is 11.5. The van der Waals surface area contributed by atoms with Crippen molar-refractivity contribution in [1.29, 1.82) is 0 Å². The fraction of sp³-hybridized carbons (Fsp3) is 0.714. The first-order chi connectivity index (χ1) is 17.2. The molecule has 0 radical (unpaired) electrons. The van der Waals surface area contributed by atoms with Crippen LogP contribution in [-0.4, -0.2) is 66.0 Å². The van der Waals surface area contributed by atoms with E-state index in [1.54, 1.807) is 0 Å². The van der Waals surface area contributed by atoms with Crippen LogP contribution in [0, 0.1) is 0 Å². The van der Waals surface area contributed by atoms with Gasteiger partial charge in [-0.05, 0) is 34.8 Å². The molecule has 1 fully saturated rings. The van der Waals surface area contributed by atoms with E-state index < -0.39 is 35.1 Å². The second-order valence-corrected chi connectivity index (χ2v) is 17.3. The third-order valence-electron chi connectivity index (χ3n) is 1.21. The zero-order valence-corrected chi connectivity index (χ0v) is 33.4. The third kappa shape index (κ3) is 114. The van der Waals surface area contributed by atoms with Gasteiger partial charge in [0.15, 0.2) is 4.84 Å². The van der Waals surface area contributed by atoms with Crippen LogP contribution in [0.1, 0.15) is 0 Å². The molecule has 0 aromatic heterocycles. The molecule has 0 bridgehead atoms. The Morgan fingerprint density at radius 2 is 0.974 bits per heavy atom. The van der Waals surface area contributed by atoms with Crippen molar-refractivity contribution in [2.45, 2.75) is 14.0 Å². The second kappa shape index (κ2) is 48.9. The van der Waals surface area contributed by atoms with Crippen molar-refractivity contribution in [3.05, 3.63) is 11.6 Å². The number of halogens is 19. The quantitative estimate of drug-likeness (QED) is 0.122. The van der Waals surface area contributed by atoms with Crippen molar-refractivity contribution >= 4 is 226 Å². The van der Waals surface area contributed by atoms with Crippen LogP contribution >= 0.6 is 216 Å². The van der Waals surface area contributed by atoms with Crippen LogP contribution in [0.15, 0.2) is 11.6 Å². The standard InChI is InChI=1S/C3H3Cl5.C3H4Cl2.C2HCl3O.C2H4Cl2.C2H4O2.CCl2O.CH2Cl2.3ClH.Fe/c4-1-2(5)3(6,7)8;1-3(5)2-4;3-1(4)2(5)6;3-1-2-4;1-2-4-3-1;2-1(3)4;2-1-3;;;;/h2H,1H2;1-2H2;1H;2*1-2H2;;1H2;3*1H;/q;;;;;;;;;;+3/p-3. The first-order valence-electron chi connectivity index (χ1n) is 7.83.